The van der Waals surface area contributed by atoms with E-state index in [9.17, 15) is 9.59 Å². The van der Waals surface area contributed by atoms with Crippen molar-refractivity contribution in [2.24, 2.45) is 0 Å². The topological polar surface area (TPSA) is 101 Å². The summed E-state index contributed by atoms with van der Waals surface area (Å²) in [5.74, 6) is -1.34. The fourth-order valence-corrected chi connectivity index (χ4v) is 3.62. The van der Waals surface area contributed by atoms with Crippen LogP contribution in [-0.4, -0.2) is 35.7 Å². The van der Waals surface area contributed by atoms with Gasteiger partial charge in [-0.05, 0) is 23.1 Å². The van der Waals surface area contributed by atoms with E-state index in [1.807, 2.05) is 54.6 Å². The molecule has 29 heavy (non-hydrogen) atoms. The summed E-state index contributed by atoms with van der Waals surface area (Å²) in [5, 5.41) is 11.7. The van der Waals surface area contributed by atoms with Crippen LogP contribution in [0.3, 0.4) is 0 Å². The Balaban J connectivity index is 1.77. The number of hydrogen-bond donors (Lipinski definition) is 3. The highest BCUT2D eigenvalue weighted by atomic mass is 32.1. The molecule has 150 valence electrons. The van der Waals surface area contributed by atoms with Crippen molar-refractivity contribution in [3.8, 4) is 11.1 Å². The van der Waals surface area contributed by atoms with Gasteiger partial charge < -0.3 is 10.1 Å². The Morgan fingerprint density at radius 1 is 1.10 bits per heavy atom. The largest absolute Gasteiger partial charge is 0.385 e. The summed E-state index contributed by atoms with van der Waals surface area (Å²) in [7, 11) is 1.59. The zero-order valence-electron chi connectivity index (χ0n) is 15.8. The Labute approximate surface area is 172 Å². The molecule has 7 nitrogen and oxygen atoms in total. The van der Waals surface area contributed by atoms with Crippen LogP contribution in [0.15, 0.2) is 60.8 Å². The van der Waals surface area contributed by atoms with E-state index in [0.717, 1.165) is 28.0 Å². The summed E-state index contributed by atoms with van der Waals surface area (Å²) < 4.78 is 5.16. The molecule has 0 aliphatic heterocycles. The number of nitrogens with zero attached hydrogens (tertiary/aromatic N) is 1. The van der Waals surface area contributed by atoms with Gasteiger partial charge >= 0.3 is 0 Å². The minimum absolute atomic E-state index is 0.198. The molecule has 0 bridgehead atoms. The molecule has 2 amide bonds. The van der Waals surface area contributed by atoms with E-state index >= 15 is 0 Å². The Hall–Kier alpha value is -3.07. The maximum absolute atomic E-state index is 12.9. The molecule has 1 heterocycles. The Bertz CT molecular complexity index is 958. The lowest BCUT2D eigenvalue weighted by Gasteiger charge is -2.16. The summed E-state index contributed by atoms with van der Waals surface area (Å²) in [6.07, 6.45) is 1.80. The van der Waals surface area contributed by atoms with Crippen molar-refractivity contribution in [3.05, 3.63) is 71.2 Å². The fourth-order valence-electron chi connectivity index (χ4n) is 2.91. The Kier molecular flexibility index (Phi) is 7.07. The molecule has 1 unspecified atom stereocenters. The normalized spacial score (nSPS) is 11.7. The van der Waals surface area contributed by atoms with Gasteiger partial charge in [0.15, 0.2) is 5.13 Å². The van der Waals surface area contributed by atoms with E-state index in [4.69, 9.17) is 9.94 Å². The first-order chi connectivity index (χ1) is 14.1. The van der Waals surface area contributed by atoms with Crippen molar-refractivity contribution >= 4 is 28.3 Å². The number of hydrogen-bond acceptors (Lipinski definition) is 6. The third kappa shape index (κ3) is 5.26. The third-order valence-corrected chi connectivity index (χ3v) is 5.32. The zero-order chi connectivity index (χ0) is 20.6. The highest BCUT2D eigenvalue weighted by molar-refractivity contribution is 7.17. The van der Waals surface area contributed by atoms with E-state index in [1.165, 1.54) is 6.20 Å². The van der Waals surface area contributed by atoms with Gasteiger partial charge in [-0.15, -0.1) is 0 Å². The number of methoxy groups -OCH3 is 1. The monoisotopic (exact) mass is 411 g/mol. The molecule has 2 aromatic carbocycles. The SMILES string of the molecule is COCCC(C(=O)Nc1ncc(C(=O)NO)s1)c1ccc(-c2ccccc2)cc1. The van der Waals surface area contributed by atoms with Crippen LogP contribution in [-0.2, 0) is 9.53 Å². The third-order valence-electron chi connectivity index (χ3n) is 4.41. The van der Waals surface area contributed by atoms with Gasteiger partial charge in [0.2, 0.25) is 5.91 Å². The predicted octanol–water partition coefficient (Wildman–Crippen LogP) is 3.69. The number of carbonyl (C=O) groups is 2. The molecule has 0 aliphatic rings. The van der Waals surface area contributed by atoms with Crippen LogP contribution in [0.2, 0.25) is 0 Å². The number of hydroxylamine groups is 1. The number of thiazole rings is 1. The van der Waals surface area contributed by atoms with Crippen LogP contribution in [0.1, 0.15) is 27.6 Å². The van der Waals surface area contributed by atoms with Gasteiger partial charge in [-0.1, -0.05) is 65.9 Å². The summed E-state index contributed by atoms with van der Waals surface area (Å²) in [5.41, 5.74) is 4.59. The molecule has 3 rings (SSSR count). The molecule has 0 radical (unpaired) electrons. The van der Waals surface area contributed by atoms with Gasteiger partial charge in [-0.25, -0.2) is 10.5 Å². The number of amides is 2. The smallest absolute Gasteiger partial charge is 0.286 e. The van der Waals surface area contributed by atoms with Crippen LogP contribution >= 0.6 is 11.3 Å². The quantitative estimate of drug-likeness (QED) is 0.388. The average Bonchev–Trinajstić information content (AvgIpc) is 3.23. The van der Waals surface area contributed by atoms with Crippen molar-refractivity contribution in [1.82, 2.24) is 10.5 Å². The number of ether oxygens (including phenoxy) is 1. The van der Waals surface area contributed by atoms with Crippen molar-refractivity contribution < 1.29 is 19.5 Å². The number of rotatable bonds is 8. The first kappa shape index (κ1) is 20.7. The lowest BCUT2D eigenvalue weighted by Crippen LogP contribution is -2.22. The first-order valence-corrected chi connectivity index (χ1v) is 9.79. The lowest BCUT2D eigenvalue weighted by atomic mass is 9.93. The molecule has 0 fully saturated rings. The molecule has 3 aromatic rings. The van der Waals surface area contributed by atoms with E-state index in [0.29, 0.717) is 13.0 Å². The number of aromatic nitrogens is 1. The molecule has 8 heteroatoms. The highest BCUT2D eigenvalue weighted by Gasteiger charge is 2.22. The molecular weight excluding hydrogens is 390 g/mol. The zero-order valence-corrected chi connectivity index (χ0v) is 16.6. The highest BCUT2D eigenvalue weighted by Crippen LogP contribution is 2.27. The molecule has 0 saturated carbocycles. The Morgan fingerprint density at radius 3 is 2.45 bits per heavy atom. The maximum Gasteiger partial charge on any atom is 0.286 e. The van der Waals surface area contributed by atoms with E-state index in [2.05, 4.69) is 10.3 Å². The number of carbonyl (C=O) groups excluding carboxylic acids is 2. The summed E-state index contributed by atoms with van der Waals surface area (Å²) in [6.45, 7) is 0.425. The molecule has 1 atom stereocenters. The van der Waals surface area contributed by atoms with Gasteiger partial charge in [0.1, 0.15) is 4.88 Å². The van der Waals surface area contributed by atoms with E-state index in [-0.39, 0.29) is 15.9 Å². The number of anilines is 1. The van der Waals surface area contributed by atoms with E-state index < -0.39 is 11.8 Å². The van der Waals surface area contributed by atoms with Crippen molar-refractivity contribution in [2.45, 2.75) is 12.3 Å². The maximum atomic E-state index is 12.9. The van der Waals surface area contributed by atoms with Crippen molar-refractivity contribution in [3.63, 3.8) is 0 Å². The molecular formula is C21H21N3O4S. The van der Waals surface area contributed by atoms with Crippen molar-refractivity contribution in [1.29, 1.82) is 0 Å². The molecule has 0 spiro atoms. The van der Waals surface area contributed by atoms with Gasteiger partial charge in [-0.3, -0.25) is 14.8 Å². The summed E-state index contributed by atoms with van der Waals surface area (Å²) >= 11 is 0.984. The van der Waals surface area contributed by atoms with Crippen molar-refractivity contribution in [2.75, 3.05) is 19.0 Å². The summed E-state index contributed by atoms with van der Waals surface area (Å²) in [6, 6.07) is 17.9. The first-order valence-electron chi connectivity index (χ1n) is 8.98. The Morgan fingerprint density at radius 2 is 1.79 bits per heavy atom. The number of benzene rings is 2. The molecule has 1 aromatic heterocycles. The second kappa shape index (κ2) is 9.92. The lowest BCUT2D eigenvalue weighted by molar-refractivity contribution is -0.118. The van der Waals surface area contributed by atoms with Crippen LogP contribution < -0.4 is 10.8 Å². The minimum atomic E-state index is -0.671. The molecule has 0 saturated heterocycles. The van der Waals surface area contributed by atoms with Gasteiger partial charge in [0, 0.05) is 13.7 Å². The standard InChI is InChI=1S/C21H21N3O4S/c1-28-12-11-17(19(25)23-21-22-13-18(29-21)20(26)24-27)16-9-7-15(8-10-16)14-5-3-2-4-6-14/h2-10,13,17,27H,11-12H2,1H3,(H,24,26)(H,22,23,25). The molecule has 3 N–H and O–H groups in total. The molecule has 0 aliphatic carbocycles. The second-order valence-electron chi connectivity index (χ2n) is 6.28. The van der Waals surface area contributed by atoms with Crippen LogP contribution in [0.25, 0.3) is 11.1 Å². The number of nitrogens with one attached hydrogen (secondary N) is 2. The summed E-state index contributed by atoms with van der Waals surface area (Å²) in [4.78, 5) is 28.5. The van der Waals surface area contributed by atoms with Crippen LogP contribution in [0.4, 0.5) is 5.13 Å². The van der Waals surface area contributed by atoms with E-state index in [1.54, 1.807) is 12.6 Å². The minimum Gasteiger partial charge on any atom is -0.385 e. The van der Waals surface area contributed by atoms with Gasteiger partial charge in [0.25, 0.3) is 5.91 Å². The second-order valence-corrected chi connectivity index (χ2v) is 7.31. The van der Waals surface area contributed by atoms with Gasteiger partial charge in [0.05, 0.1) is 12.1 Å². The predicted molar refractivity (Wildman–Crippen MR) is 111 cm³/mol. The average molecular weight is 411 g/mol. The van der Waals surface area contributed by atoms with Crippen LogP contribution in [0.5, 0.6) is 0 Å². The van der Waals surface area contributed by atoms with Crippen LogP contribution in [0, 0.1) is 0 Å². The fraction of sp³-hybridized carbons (Fsp3) is 0.190. The van der Waals surface area contributed by atoms with Gasteiger partial charge in [-0.2, -0.15) is 0 Å².